The van der Waals surface area contributed by atoms with E-state index < -0.39 is 0 Å². The fourth-order valence-corrected chi connectivity index (χ4v) is 4.38. The Labute approximate surface area is 138 Å². The van der Waals surface area contributed by atoms with E-state index in [0.717, 1.165) is 27.5 Å². The van der Waals surface area contributed by atoms with Gasteiger partial charge in [0, 0.05) is 13.4 Å². The van der Waals surface area contributed by atoms with Crippen molar-refractivity contribution in [1.82, 2.24) is 0 Å². The average molecular weight is 446 g/mol. The van der Waals surface area contributed by atoms with E-state index in [1.54, 1.807) is 0 Å². The van der Waals surface area contributed by atoms with Gasteiger partial charge in [-0.25, -0.2) is 0 Å². The number of para-hydroxylation sites is 1. The van der Waals surface area contributed by atoms with Crippen LogP contribution in [0.2, 0.25) is 0 Å². The largest absolute Gasteiger partial charge is 0.376 e. The van der Waals surface area contributed by atoms with Crippen molar-refractivity contribution in [3.63, 3.8) is 0 Å². The third-order valence-corrected chi connectivity index (χ3v) is 5.56. The lowest BCUT2D eigenvalue weighted by molar-refractivity contribution is 0.760. The number of fused-ring (bicyclic) bond motifs is 1. The molecule has 1 N–H and O–H groups in total. The van der Waals surface area contributed by atoms with Gasteiger partial charge in [-0.2, -0.15) is 0 Å². The molecular weight excluding hydrogens is 434 g/mol. The molecule has 1 aliphatic carbocycles. The lowest BCUT2D eigenvalue weighted by atomic mass is 10.1. The van der Waals surface area contributed by atoms with Crippen molar-refractivity contribution in [3.05, 3.63) is 60.9 Å². The van der Waals surface area contributed by atoms with E-state index in [-0.39, 0.29) is 0 Å². The molecule has 0 radical (unpaired) electrons. The van der Waals surface area contributed by atoms with Crippen molar-refractivity contribution in [3.8, 4) is 0 Å². The highest BCUT2D eigenvalue weighted by molar-refractivity contribution is 9.11. The summed E-state index contributed by atoms with van der Waals surface area (Å²) in [4.78, 5) is 0. The summed E-state index contributed by atoms with van der Waals surface area (Å²) in [6.45, 7) is 0. The molecule has 1 atom stereocenters. The van der Waals surface area contributed by atoms with E-state index >= 15 is 0 Å². The molecule has 0 saturated heterocycles. The van der Waals surface area contributed by atoms with Crippen molar-refractivity contribution in [2.75, 3.05) is 5.32 Å². The fraction of sp³-hybridized carbons (Fsp3) is 0.200. The molecule has 4 heteroatoms. The third-order valence-electron chi connectivity index (χ3n) is 3.49. The van der Waals surface area contributed by atoms with E-state index in [4.69, 9.17) is 0 Å². The summed E-state index contributed by atoms with van der Waals surface area (Å²) < 4.78 is 3.40. The normalized spacial score (nSPS) is 17.3. The van der Waals surface area contributed by atoms with Crippen LogP contribution >= 0.6 is 47.8 Å². The number of anilines is 1. The summed E-state index contributed by atoms with van der Waals surface area (Å²) in [5.74, 6) is 0. The molecule has 0 fully saturated rings. The molecular formula is C15H12Br3N. The van der Waals surface area contributed by atoms with Crippen molar-refractivity contribution >= 4 is 53.5 Å². The zero-order valence-electron chi connectivity index (χ0n) is 10.1. The second-order valence-corrected chi connectivity index (χ2v) is 7.20. The lowest BCUT2D eigenvalue weighted by Gasteiger charge is -2.18. The van der Waals surface area contributed by atoms with Gasteiger partial charge >= 0.3 is 0 Å². The molecule has 0 aliphatic heterocycles. The number of halogens is 3. The minimum Gasteiger partial charge on any atom is -0.376 e. The molecule has 0 spiro atoms. The SMILES string of the molecule is Brc1cccc2c1CCC2Nc1c(Br)cccc1Br. The summed E-state index contributed by atoms with van der Waals surface area (Å²) in [5, 5.41) is 3.65. The molecule has 2 aromatic rings. The zero-order chi connectivity index (χ0) is 13.4. The van der Waals surface area contributed by atoms with Gasteiger partial charge in [0.1, 0.15) is 0 Å². The Hall–Kier alpha value is -0.320. The third kappa shape index (κ3) is 2.63. The molecule has 1 aliphatic rings. The smallest absolute Gasteiger partial charge is 0.0633 e. The Morgan fingerprint density at radius 3 is 2.26 bits per heavy atom. The zero-order valence-corrected chi connectivity index (χ0v) is 14.8. The summed E-state index contributed by atoms with van der Waals surface area (Å²) in [6, 6.07) is 13.0. The highest BCUT2D eigenvalue weighted by Gasteiger charge is 2.24. The number of benzene rings is 2. The van der Waals surface area contributed by atoms with E-state index in [9.17, 15) is 0 Å². The molecule has 0 saturated carbocycles. The van der Waals surface area contributed by atoms with Gasteiger partial charge < -0.3 is 5.32 Å². The van der Waals surface area contributed by atoms with Crippen LogP contribution in [-0.4, -0.2) is 0 Å². The van der Waals surface area contributed by atoms with Crippen LogP contribution in [0.4, 0.5) is 5.69 Å². The first-order chi connectivity index (χ1) is 9.16. The average Bonchev–Trinajstić information content (AvgIpc) is 2.79. The summed E-state index contributed by atoms with van der Waals surface area (Å²) in [7, 11) is 0. The first-order valence-corrected chi connectivity index (χ1v) is 8.52. The highest BCUT2D eigenvalue weighted by Crippen LogP contribution is 2.40. The van der Waals surface area contributed by atoms with Crippen LogP contribution in [0.15, 0.2) is 49.8 Å². The second kappa shape index (κ2) is 5.58. The van der Waals surface area contributed by atoms with Gasteiger partial charge in [-0.15, -0.1) is 0 Å². The summed E-state index contributed by atoms with van der Waals surface area (Å²) in [5.41, 5.74) is 3.96. The van der Waals surface area contributed by atoms with E-state index in [0.29, 0.717) is 6.04 Å². The molecule has 19 heavy (non-hydrogen) atoms. The Bertz CT molecular complexity index is 605. The van der Waals surface area contributed by atoms with Crippen LogP contribution in [0.3, 0.4) is 0 Å². The predicted octanol–water partition coefficient (Wildman–Crippen LogP) is 6.07. The van der Waals surface area contributed by atoms with Crippen LogP contribution in [0, 0.1) is 0 Å². The van der Waals surface area contributed by atoms with Crippen LogP contribution in [0.5, 0.6) is 0 Å². The molecule has 98 valence electrons. The van der Waals surface area contributed by atoms with Gasteiger partial charge in [0.25, 0.3) is 0 Å². The standard InChI is InChI=1S/C15H12Br3N/c16-11-4-1-3-10-9(11)7-8-14(10)19-15-12(17)5-2-6-13(15)18/h1-6,14,19H,7-8H2. The minimum atomic E-state index is 0.377. The van der Waals surface area contributed by atoms with Crippen molar-refractivity contribution in [2.24, 2.45) is 0 Å². The van der Waals surface area contributed by atoms with E-state index in [2.05, 4.69) is 83.4 Å². The Morgan fingerprint density at radius 1 is 0.895 bits per heavy atom. The van der Waals surface area contributed by atoms with Gasteiger partial charge in [0.15, 0.2) is 0 Å². The monoisotopic (exact) mass is 443 g/mol. The first-order valence-electron chi connectivity index (χ1n) is 6.14. The summed E-state index contributed by atoms with van der Waals surface area (Å²) in [6.07, 6.45) is 2.25. The Morgan fingerprint density at radius 2 is 1.53 bits per heavy atom. The molecule has 1 nitrogen and oxygen atoms in total. The second-order valence-electron chi connectivity index (χ2n) is 4.64. The molecule has 0 amide bonds. The molecule has 0 bridgehead atoms. The van der Waals surface area contributed by atoms with Crippen LogP contribution < -0.4 is 5.32 Å². The Balaban J connectivity index is 1.93. The topological polar surface area (TPSA) is 12.0 Å². The van der Waals surface area contributed by atoms with Gasteiger partial charge in [-0.3, -0.25) is 0 Å². The van der Waals surface area contributed by atoms with Crippen molar-refractivity contribution in [1.29, 1.82) is 0 Å². The first kappa shape index (κ1) is 13.7. The molecule has 3 rings (SSSR count). The van der Waals surface area contributed by atoms with Crippen molar-refractivity contribution in [2.45, 2.75) is 18.9 Å². The number of hydrogen-bond donors (Lipinski definition) is 1. The Kier molecular flexibility index (Phi) is 4.01. The highest BCUT2D eigenvalue weighted by atomic mass is 79.9. The van der Waals surface area contributed by atoms with Gasteiger partial charge in [0.05, 0.1) is 11.7 Å². The maximum Gasteiger partial charge on any atom is 0.0633 e. The minimum absolute atomic E-state index is 0.377. The molecule has 0 heterocycles. The quantitative estimate of drug-likeness (QED) is 0.591. The number of rotatable bonds is 2. The van der Waals surface area contributed by atoms with E-state index in [1.807, 2.05) is 6.07 Å². The summed E-state index contributed by atoms with van der Waals surface area (Å²) >= 11 is 10.9. The maximum atomic E-state index is 3.65. The fourth-order valence-electron chi connectivity index (χ4n) is 2.57. The number of hydrogen-bond acceptors (Lipinski definition) is 1. The maximum absolute atomic E-state index is 3.65. The van der Waals surface area contributed by atoms with Crippen LogP contribution in [0.25, 0.3) is 0 Å². The van der Waals surface area contributed by atoms with Gasteiger partial charge in [-0.05, 0) is 74.0 Å². The predicted molar refractivity (Wildman–Crippen MR) is 90.7 cm³/mol. The molecule has 2 aromatic carbocycles. The van der Waals surface area contributed by atoms with Gasteiger partial charge in [0.2, 0.25) is 0 Å². The lowest BCUT2D eigenvalue weighted by Crippen LogP contribution is -2.08. The van der Waals surface area contributed by atoms with Crippen molar-refractivity contribution < 1.29 is 0 Å². The van der Waals surface area contributed by atoms with Gasteiger partial charge in [-0.1, -0.05) is 34.1 Å². The number of nitrogens with one attached hydrogen (secondary N) is 1. The molecule has 0 aromatic heterocycles. The van der Waals surface area contributed by atoms with E-state index in [1.165, 1.54) is 15.6 Å². The molecule has 1 unspecified atom stereocenters. The van der Waals surface area contributed by atoms with Crippen LogP contribution in [0.1, 0.15) is 23.6 Å². The van der Waals surface area contributed by atoms with Crippen LogP contribution in [-0.2, 0) is 6.42 Å².